The molecule has 0 aromatic heterocycles. The van der Waals surface area contributed by atoms with Crippen LogP contribution >= 0.6 is 0 Å². The molecule has 0 aromatic rings. The van der Waals surface area contributed by atoms with Crippen LogP contribution in [0.25, 0.3) is 0 Å². The van der Waals surface area contributed by atoms with Gasteiger partial charge in [0, 0.05) is 6.04 Å². The highest BCUT2D eigenvalue weighted by atomic mass is 14.9. The summed E-state index contributed by atoms with van der Waals surface area (Å²) in [7, 11) is 4.02. The van der Waals surface area contributed by atoms with Crippen LogP contribution in [0, 0.1) is 5.92 Å². The fourth-order valence-corrected chi connectivity index (χ4v) is 1.17. The maximum atomic E-state index is 3.26. The zero-order valence-corrected chi connectivity index (χ0v) is 11.6. The molecule has 0 radical (unpaired) electrons. The Labute approximate surface area is 91.9 Å². The molecule has 0 heterocycles. The standard InChI is InChI=1S/C8H20N2.2C2H6/c1-5-8(6-9-3)7(2)10-4;2*1-2/h7-10H,5-6H2,1-4H3;2*1-2H3. The van der Waals surface area contributed by atoms with Crippen LogP contribution in [0.1, 0.15) is 48.0 Å². The smallest absolute Gasteiger partial charge is 0.00760 e. The molecular formula is C12H32N2. The Bertz CT molecular complexity index is 74.7. The average molecular weight is 204 g/mol. The highest BCUT2D eigenvalue weighted by molar-refractivity contribution is 4.70. The predicted molar refractivity (Wildman–Crippen MR) is 68.9 cm³/mol. The molecular weight excluding hydrogens is 172 g/mol. The summed E-state index contributed by atoms with van der Waals surface area (Å²) in [5.41, 5.74) is 0. The molecule has 2 N–H and O–H groups in total. The number of nitrogens with one attached hydrogen (secondary N) is 2. The normalized spacial score (nSPS) is 12.9. The Balaban J connectivity index is -0.000000266. The van der Waals surface area contributed by atoms with Gasteiger partial charge in [0.2, 0.25) is 0 Å². The lowest BCUT2D eigenvalue weighted by atomic mass is 9.99. The highest BCUT2D eigenvalue weighted by Crippen LogP contribution is 2.05. The van der Waals surface area contributed by atoms with Gasteiger partial charge in [-0.05, 0) is 33.5 Å². The summed E-state index contributed by atoms with van der Waals surface area (Å²) < 4.78 is 0. The maximum absolute atomic E-state index is 3.26. The van der Waals surface area contributed by atoms with Crippen molar-refractivity contribution in [2.75, 3.05) is 20.6 Å². The number of hydrogen-bond donors (Lipinski definition) is 2. The first-order valence-electron chi connectivity index (χ1n) is 6.08. The third-order valence-electron chi connectivity index (χ3n) is 2.15. The molecule has 0 spiro atoms. The Hall–Kier alpha value is -0.0800. The quantitative estimate of drug-likeness (QED) is 0.719. The zero-order chi connectivity index (χ0) is 12.0. The molecule has 0 aliphatic carbocycles. The third kappa shape index (κ3) is 11.9. The van der Waals surface area contributed by atoms with Crippen LogP contribution in [-0.4, -0.2) is 26.7 Å². The van der Waals surface area contributed by atoms with Gasteiger partial charge in [-0.2, -0.15) is 0 Å². The minimum atomic E-state index is 0.623. The van der Waals surface area contributed by atoms with Crippen LogP contribution in [0.3, 0.4) is 0 Å². The van der Waals surface area contributed by atoms with Crippen molar-refractivity contribution in [1.29, 1.82) is 0 Å². The molecule has 0 aromatic carbocycles. The Morgan fingerprint density at radius 1 is 1.00 bits per heavy atom. The first-order valence-corrected chi connectivity index (χ1v) is 6.08. The van der Waals surface area contributed by atoms with Crippen LogP contribution in [-0.2, 0) is 0 Å². The lowest BCUT2D eigenvalue weighted by Gasteiger charge is -2.21. The van der Waals surface area contributed by atoms with Crippen LogP contribution in [0.4, 0.5) is 0 Å². The minimum Gasteiger partial charge on any atom is -0.319 e. The minimum absolute atomic E-state index is 0.623. The van der Waals surface area contributed by atoms with Crippen molar-refractivity contribution in [3.05, 3.63) is 0 Å². The predicted octanol–water partition coefficient (Wildman–Crippen LogP) is 2.89. The second-order valence-corrected chi connectivity index (χ2v) is 2.80. The first kappa shape index (κ1) is 19.5. The van der Waals surface area contributed by atoms with Gasteiger partial charge in [0.25, 0.3) is 0 Å². The number of hydrogen-bond acceptors (Lipinski definition) is 2. The molecule has 0 rings (SSSR count). The van der Waals surface area contributed by atoms with E-state index in [1.165, 1.54) is 6.42 Å². The fourth-order valence-electron chi connectivity index (χ4n) is 1.17. The van der Waals surface area contributed by atoms with E-state index in [-0.39, 0.29) is 0 Å². The van der Waals surface area contributed by atoms with Gasteiger partial charge in [0.05, 0.1) is 0 Å². The van der Waals surface area contributed by atoms with Crippen molar-refractivity contribution in [3.8, 4) is 0 Å². The van der Waals surface area contributed by atoms with Crippen LogP contribution in [0.2, 0.25) is 0 Å². The zero-order valence-electron chi connectivity index (χ0n) is 11.6. The van der Waals surface area contributed by atoms with E-state index in [4.69, 9.17) is 0 Å². The Kier molecular flexibility index (Phi) is 26.0. The SMILES string of the molecule is CC.CC.CCC(CNC)C(C)NC. The fraction of sp³-hybridized carbons (Fsp3) is 1.00. The molecule has 2 heteroatoms. The van der Waals surface area contributed by atoms with Gasteiger partial charge in [-0.3, -0.25) is 0 Å². The molecule has 2 atom stereocenters. The summed E-state index contributed by atoms with van der Waals surface area (Å²) in [6.07, 6.45) is 1.24. The Morgan fingerprint density at radius 2 is 1.43 bits per heavy atom. The summed E-state index contributed by atoms with van der Waals surface area (Å²) in [5.74, 6) is 0.759. The molecule has 0 aliphatic rings. The molecule has 0 aliphatic heterocycles. The van der Waals surface area contributed by atoms with Crippen molar-refractivity contribution >= 4 is 0 Å². The highest BCUT2D eigenvalue weighted by Gasteiger charge is 2.11. The molecule has 0 saturated heterocycles. The van der Waals surface area contributed by atoms with Crippen molar-refractivity contribution < 1.29 is 0 Å². The summed E-state index contributed by atoms with van der Waals surface area (Å²) in [4.78, 5) is 0. The molecule has 2 nitrogen and oxygen atoms in total. The van der Waals surface area contributed by atoms with E-state index < -0.39 is 0 Å². The van der Waals surface area contributed by atoms with E-state index in [0.717, 1.165) is 12.5 Å². The van der Waals surface area contributed by atoms with Gasteiger partial charge in [0.1, 0.15) is 0 Å². The van der Waals surface area contributed by atoms with E-state index in [0.29, 0.717) is 6.04 Å². The van der Waals surface area contributed by atoms with Gasteiger partial charge in [-0.15, -0.1) is 0 Å². The summed E-state index contributed by atoms with van der Waals surface area (Å²) in [6, 6.07) is 0.623. The van der Waals surface area contributed by atoms with Crippen LogP contribution in [0.5, 0.6) is 0 Å². The van der Waals surface area contributed by atoms with E-state index in [1.807, 2.05) is 41.8 Å². The molecule has 2 unspecified atom stereocenters. The van der Waals surface area contributed by atoms with Crippen molar-refractivity contribution in [3.63, 3.8) is 0 Å². The summed E-state index contributed by atoms with van der Waals surface area (Å²) in [5, 5.41) is 6.45. The lowest BCUT2D eigenvalue weighted by Crippen LogP contribution is -2.35. The van der Waals surface area contributed by atoms with Crippen LogP contribution < -0.4 is 10.6 Å². The van der Waals surface area contributed by atoms with Crippen molar-refractivity contribution in [1.82, 2.24) is 10.6 Å². The molecule has 0 bridgehead atoms. The largest absolute Gasteiger partial charge is 0.319 e. The monoisotopic (exact) mass is 204 g/mol. The molecule has 0 fully saturated rings. The van der Waals surface area contributed by atoms with E-state index in [9.17, 15) is 0 Å². The molecule has 14 heavy (non-hydrogen) atoms. The second kappa shape index (κ2) is 18.7. The first-order chi connectivity index (χ1) is 6.76. The molecule has 0 saturated carbocycles. The van der Waals surface area contributed by atoms with Gasteiger partial charge >= 0.3 is 0 Å². The Morgan fingerprint density at radius 3 is 1.64 bits per heavy atom. The lowest BCUT2D eigenvalue weighted by molar-refractivity contribution is 0.372. The molecule has 0 amide bonds. The number of rotatable bonds is 5. The van der Waals surface area contributed by atoms with E-state index in [2.05, 4.69) is 24.5 Å². The van der Waals surface area contributed by atoms with Gasteiger partial charge < -0.3 is 10.6 Å². The van der Waals surface area contributed by atoms with Gasteiger partial charge in [-0.25, -0.2) is 0 Å². The van der Waals surface area contributed by atoms with Crippen LogP contribution in [0.15, 0.2) is 0 Å². The van der Waals surface area contributed by atoms with Crippen molar-refractivity contribution in [2.45, 2.75) is 54.0 Å². The van der Waals surface area contributed by atoms with E-state index in [1.54, 1.807) is 0 Å². The van der Waals surface area contributed by atoms with Crippen molar-refractivity contribution in [2.24, 2.45) is 5.92 Å². The summed E-state index contributed by atoms with van der Waals surface area (Å²) in [6.45, 7) is 13.6. The average Bonchev–Trinajstić information content (AvgIpc) is 2.30. The van der Waals surface area contributed by atoms with E-state index >= 15 is 0 Å². The second-order valence-electron chi connectivity index (χ2n) is 2.80. The molecule has 90 valence electrons. The maximum Gasteiger partial charge on any atom is 0.00760 e. The topological polar surface area (TPSA) is 24.1 Å². The third-order valence-corrected chi connectivity index (χ3v) is 2.15. The summed E-state index contributed by atoms with van der Waals surface area (Å²) >= 11 is 0. The van der Waals surface area contributed by atoms with Gasteiger partial charge in [0.15, 0.2) is 0 Å². The van der Waals surface area contributed by atoms with Gasteiger partial charge in [-0.1, -0.05) is 41.0 Å².